The highest BCUT2D eigenvalue weighted by atomic mass is 19.1. The summed E-state index contributed by atoms with van der Waals surface area (Å²) in [5.41, 5.74) is -0.198. The molecule has 1 atom stereocenters. The summed E-state index contributed by atoms with van der Waals surface area (Å²) in [5, 5.41) is 11.9. The Morgan fingerprint density at radius 3 is 2.58 bits per heavy atom. The minimum absolute atomic E-state index is 0.174. The highest BCUT2D eigenvalue weighted by molar-refractivity contribution is 5.94. The fourth-order valence-corrected chi connectivity index (χ4v) is 1.57. The van der Waals surface area contributed by atoms with Crippen LogP contribution in [-0.4, -0.2) is 17.6 Å². The lowest BCUT2D eigenvalue weighted by Crippen LogP contribution is -2.29. The number of carbonyl (C=O) groups excluding carboxylic acids is 1. The molecular weight excluding hydrogens is 256 g/mol. The van der Waals surface area contributed by atoms with Gasteiger partial charge < -0.3 is 14.8 Å². The van der Waals surface area contributed by atoms with Gasteiger partial charge in [-0.05, 0) is 18.2 Å². The van der Waals surface area contributed by atoms with E-state index in [0.717, 1.165) is 12.1 Å². The van der Waals surface area contributed by atoms with E-state index in [4.69, 9.17) is 4.42 Å². The average Bonchev–Trinajstić information content (AvgIpc) is 2.89. The van der Waals surface area contributed by atoms with Gasteiger partial charge in [0.15, 0.2) is 0 Å². The van der Waals surface area contributed by atoms with Crippen LogP contribution in [0.2, 0.25) is 0 Å². The van der Waals surface area contributed by atoms with Crippen LogP contribution in [0, 0.1) is 11.6 Å². The number of benzene rings is 1. The monoisotopic (exact) mass is 267 g/mol. The van der Waals surface area contributed by atoms with Gasteiger partial charge in [0, 0.05) is 12.1 Å². The Morgan fingerprint density at radius 1 is 1.32 bits per heavy atom. The van der Waals surface area contributed by atoms with Crippen molar-refractivity contribution >= 4 is 5.91 Å². The van der Waals surface area contributed by atoms with Crippen LogP contribution in [0.4, 0.5) is 8.78 Å². The molecule has 1 amide bonds. The predicted molar refractivity (Wildman–Crippen MR) is 62.4 cm³/mol. The maximum Gasteiger partial charge on any atom is 0.257 e. The molecule has 0 aliphatic rings. The molecule has 1 aromatic carbocycles. The Bertz CT molecular complexity index is 549. The van der Waals surface area contributed by atoms with Gasteiger partial charge in [0.1, 0.15) is 17.2 Å². The van der Waals surface area contributed by atoms with Gasteiger partial charge >= 0.3 is 0 Å². The van der Waals surface area contributed by atoms with Crippen molar-refractivity contribution in [1.82, 2.24) is 5.32 Å². The molecule has 2 aromatic rings. The largest absolute Gasteiger partial charge is 0.472 e. The molecule has 6 heteroatoms. The maximum absolute atomic E-state index is 13.3. The maximum atomic E-state index is 13.3. The van der Waals surface area contributed by atoms with Crippen LogP contribution in [0.15, 0.2) is 41.2 Å². The lowest BCUT2D eigenvalue weighted by atomic mass is 10.1. The van der Waals surface area contributed by atoms with Crippen molar-refractivity contribution in [2.75, 3.05) is 6.54 Å². The Morgan fingerprint density at radius 2 is 2.00 bits per heavy atom. The normalized spacial score (nSPS) is 12.2. The number of rotatable bonds is 4. The predicted octanol–water partition coefficient (Wildman–Crippen LogP) is 2.02. The zero-order valence-corrected chi connectivity index (χ0v) is 9.77. The van der Waals surface area contributed by atoms with Gasteiger partial charge in [-0.25, -0.2) is 8.78 Å². The number of aliphatic hydroxyl groups is 1. The summed E-state index contributed by atoms with van der Waals surface area (Å²) in [6, 6.07) is 4.68. The molecule has 0 unspecified atom stereocenters. The first kappa shape index (κ1) is 13.2. The van der Waals surface area contributed by atoms with Crippen LogP contribution in [0.25, 0.3) is 0 Å². The topological polar surface area (TPSA) is 62.5 Å². The minimum atomic E-state index is -1.00. The van der Waals surface area contributed by atoms with Crippen molar-refractivity contribution in [1.29, 1.82) is 0 Å². The highest BCUT2D eigenvalue weighted by Gasteiger charge is 2.18. The molecule has 2 N–H and O–H groups in total. The molecule has 0 bridgehead atoms. The summed E-state index contributed by atoms with van der Waals surface area (Å²) in [4.78, 5) is 11.6. The van der Waals surface area contributed by atoms with Crippen LogP contribution >= 0.6 is 0 Å². The molecule has 0 fully saturated rings. The summed E-state index contributed by atoms with van der Waals surface area (Å²) in [5.74, 6) is -2.82. The number of halogens is 2. The molecule has 1 heterocycles. The number of carbonyl (C=O) groups is 1. The number of hydrogen-bond acceptors (Lipinski definition) is 3. The van der Waals surface area contributed by atoms with E-state index in [0.29, 0.717) is 5.56 Å². The molecule has 0 aliphatic carbocycles. The lowest BCUT2D eigenvalue weighted by Gasteiger charge is -2.10. The van der Waals surface area contributed by atoms with E-state index < -0.39 is 29.2 Å². The van der Waals surface area contributed by atoms with Crippen LogP contribution < -0.4 is 5.32 Å². The molecule has 1 aromatic heterocycles. The van der Waals surface area contributed by atoms with Crippen molar-refractivity contribution in [3.8, 4) is 0 Å². The lowest BCUT2D eigenvalue weighted by molar-refractivity contribution is 0.0907. The fourth-order valence-electron chi connectivity index (χ4n) is 1.57. The summed E-state index contributed by atoms with van der Waals surface area (Å²) < 4.78 is 31.4. The third-order valence-corrected chi connectivity index (χ3v) is 2.57. The summed E-state index contributed by atoms with van der Waals surface area (Å²) in [7, 11) is 0. The first-order valence-electron chi connectivity index (χ1n) is 5.52. The minimum Gasteiger partial charge on any atom is -0.472 e. The zero-order chi connectivity index (χ0) is 13.8. The molecule has 0 spiro atoms. The van der Waals surface area contributed by atoms with Gasteiger partial charge in [-0.15, -0.1) is 0 Å². The van der Waals surface area contributed by atoms with Crippen molar-refractivity contribution in [3.05, 3.63) is 59.6 Å². The summed E-state index contributed by atoms with van der Waals surface area (Å²) in [6.07, 6.45) is 1.69. The van der Waals surface area contributed by atoms with E-state index in [9.17, 15) is 18.7 Å². The fraction of sp³-hybridized carbons (Fsp3) is 0.154. The Balaban J connectivity index is 2.02. The van der Waals surface area contributed by atoms with Crippen molar-refractivity contribution < 1.29 is 23.1 Å². The number of hydrogen-bond donors (Lipinski definition) is 2. The summed E-state index contributed by atoms with van der Waals surface area (Å²) in [6.45, 7) is -0.174. The molecule has 100 valence electrons. The molecule has 0 saturated heterocycles. The average molecular weight is 267 g/mol. The first-order chi connectivity index (χ1) is 9.09. The molecule has 0 aliphatic heterocycles. The van der Waals surface area contributed by atoms with Gasteiger partial charge in [0.25, 0.3) is 5.91 Å². The second-order valence-corrected chi connectivity index (χ2v) is 3.88. The Hall–Kier alpha value is -2.21. The van der Waals surface area contributed by atoms with Crippen molar-refractivity contribution in [3.63, 3.8) is 0 Å². The van der Waals surface area contributed by atoms with Gasteiger partial charge in [-0.2, -0.15) is 0 Å². The Kier molecular flexibility index (Phi) is 3.91. The molecule has 2 rings (SSSR count). The van der Waals surface area contributed by atoms with E-state index in [1.807, 2.05) is 0 Å². The number of amides is 1. The third kappa shape index (κ3) is 2.97. The van der Waals surface area contributed by atoms with Gasteiger partial charge in [-0.3, -0.25) is 4.79 Å². The van der Waals surface area contributed by atoms with E-state index >= 15 is 0 Å². The Labute approximate surface area is 107 Å². The van der Waals surface area contributed by atoms with E-state index in [1.165, 1.54) is 24.7 Å². The standard InChI is InChI=1S/C13H11F2NO3/c14-9-2-1-3-10(15)12(9)13(18)16-6-11(17)8-4-5-19-7-8/h1-5,7,11,17H,6H2,(H,16,18)/t11-/m1/s1. The van der Waals surface area contributed by atoms with Crippen molar-refractivity contribution in [2.45, 2.75) is 6.10 Å². The van der Waals surface area contributed by atoms with Gasteiger partial charge in [-0.1, -0.05) is 6.07 Å². The van der Waals surface area contributed by atoms with Gasteiger partial charge in [0.2, 0.25) is 0 Å². The SMILES string of the molecule is O=C(NC[C@@H](O)c1ccoc1)c1c(F)cccc1F. The summed E-state index contributed by atoms with van der Waals surface area (Å²) >= 11 is 0. The number of furan rings is 1. The van der Waals surface area contributed by atoms with E-state index in [-0.39, 0.29) is 6.54 Å². The molecule has 4 nitrogen and oxygen atoms in total. The van der Waals surface area contributed by atoms with E-state index in [2.05, 4.69) is 5.32 Å². The number of aliphatic hydroxyl groups excluding tert-OH is 1. The zero-order valence-electron chi connectivity index (χ0n) is 9.77. The smallest absolute Gasteiger partial charge is 0.257 e. The quantitative estimate of drug-likeness (QED) is 0.890. The second kappa shape index (κ2) is 5.62. The second-order valence-electron chi connectivity index (χ2n) is 3.88. The van der Waals surface area contributed by atoms with Gasteiger partial charge in [0.05, 0.1) is 18.6 Å². The molecule has 19 heavy (non-hydrogen) atoms. The molecule has 0 radical (unpaired) electrons. The van der Waals surface area contributed by atoms with E-state index in [1.54, 1.807) is 0 Å². The highest BCUT2D eigenvalue weighted by Crippen LogP contribution is 2.14. The van der Waals surface area contributed by atoms with Crippen molar-refractivity contribution in [2.24, 2.45) is 0 Å². The first-order valence-corrected chi connectivity index (χ1v) is 5.52. The number of nitrogens with one attached hydrogen (secondary N) is 1. The molecule has 0 saturated carbocycles. The third-order valence-electron chi connectivity index (χ3n) is 2.57. The van der Waals surface area contributed by atoms with Crippen LogP contribution in [0.1, 0.15) is 22.0 Å². The van der Waals surface area contributed by atoms with Crippen LogP contribution in [-0.2, 0) is 0 Å². The van der Waals surface area contributed by atoms with Crippen LogP contribution in [0.3, 0.4) is 0 Å². The van der Waals surface area contributed by atoms with Crippen LogP contribution in [0.5, 0.6) is 0 Å². The molecular formula is C13H11F2NO3.